The van der Waals surface area contributed by atoms with Crippen molar-refractivity contribution in [3.63, 3.8) is 0 Å². The number of anilines is 1. The van der Waals surface area contributed by atoms with Gasteiger partial charge in [0.15, 0.2) is 17.0 Å². The number of aromatic nitrogens is 4. The number of amides is 1. The smallest absolute Gasteiger partial charge is 0.256 e. The highest BCUT2D eigenvalue weighted by atomic mass is 16.6. The summed E-state index contributed by atoms with van der Waals surface area (Å²) in [6, 6.07) is 10.8. The van der Waals surface area contributed by atoms with Gasteiger partial charge in [-0.3, -0.25) is 9.36 Å². The van der Waals surface area contributed by atoms with Crippen LogP contribution in [-0.2, 0) is 9.47 Å². The van der Waals surface area contributed by atoms with Crippen molar-refractivity contribution < 1.29 is 19.4 Å². The van der Waals surface area contributed by atoms with E-state index in [1.165, 1.54) is 6.33 Å². The van der Waals surface area contributed by atoms with Crippen LogP contribution in [0.4, 0.5) is 5.82 Å². The molecule has 1 aliphatic heterocycles. The number of aliphatic hydroxyl groups excluding tert-OH is 1. The molecule has 1 aliphatic rings. The van der Waals surface area contributed by atoms with Gasteiger partial charge in [0.05, 0.1) is 38.1 Å². The molecule has 1 aromatic carbocycles. The van der Waals surface area contributed by atoms with Crippen LogP contribution in [0, 0.1) is 11.3 Å². The number of ether oxygens (including phenoxy) is 2. The standard InChI is InChI=1S/C20H20N6O4/c21-7-4-8-29-14-9-16(30-15(14)10-27)26-12-24-17-18(22-11-23-19(17)26)25-20(28)13-5-2-1-3-6-13/h1-3,5-6,11-12,14-16,27H,4,8-10H2,(H,22,23,25,28)/t14-,15+,16+/m0/s1. The lowest BCUT2D eigenvalue weighted by Gasteiger charge is -2.15. The largest absolute Gasteiger partial charge is 0.394 e. The number of carbonyl (C=O) groups is 1. The molecular formula is C20H20N6O4. The molecule has 0 spiro atoms. The van der Waals surface area contributed by atoms with Crippen molar-refractivity contribution in [1.82, 2.24) is 19.5 Å². The van der Waals surface area contributed by atoms with Gasteiger partial charge in [0, 0.05) is 12.0 Å². The molecule has 0 bridgehead atoms. The fraction of sp³-hybridized carbons (Fsp3) is 0.350. The molecule has 1 fully saturated rings. The first kappa shape index (κ1) is 19.9. The third kappa shape index (κ3) is 3.99. The molecule has 0 aliphatic carbocycles. The summed E-state index contributed by atoms with van der Waals surface area (Å²) >= 11 is 0. The van der Waals surface area contributed by atoms with Crippen molar-refractivity contribution in [1.29, 1.82) is 5.26 Å². The van der Waals surface area contributed by atoms with Crippen LogP contribution in [0.25, 0.3) is 11.2 Å². The average Bonchev–Trinajstić information content (AvgIpc) is 3.39. The Kier molecular flexibility index (Phi) is 5.94. The molecule has 10 nitrogen and oxygen atoms in total. The minimum absolute atomic E-state index is 0.201. The molecule has 154 valence electrons. The number of nitrogens with one attached hydrogen (secondary N) is 1. The lowest BCUT2D eigenvalue weighted by molar-refractivity contribution is -0.0596. The number of benzene rings is 1. The van der Waals surface area contributed by atoms with E-state index in [-0.39, 0.29) is 31.6 Å². The molecule has 0 unspecified atom stereocenters. The van der Waals surface area contributed by atoms with Crippen molar-refractivity contribution in [2.45, 2.75) is 31.3 Å². The summed E-state index contributed by atoms with van der Waals surface area (Å²) in [4.78, 5) is 25.3. The number of imidazole rings is 1. The van der Waals surface area contributed by atoms with Crippen LogP contribution in [0.3, 0.4) is 0 Å². The van der Waals surface area contributed by atoms with Gasteiger partial charge < -0.3 is 19.9 Å². The van der Waals surface area contributed by atoms with Crippen molar-refractivity contribution in [2.24, 2.45) is 0 Å². The van der Waals surface area contributed by atoms with Gasteiger partial charge in [-0.05, 0) is 12.1 Å². The molecule has 3 aromatic rings. The van der Waals surface area contributed by atoms with Gasteiger partial charge in [0.2, 0.25) is 0 Å². The first-order chi connectivity index (χ1) is 14.7. The average molecular weight is 408 g/mol. The normalized spacial score (nSPS) is 20.9. The summed E-state index contributed by atoms with van der Waals surface area (Å²) in [6.45, 7) is 0.0734. The van der Waals surface area contributed by atoms with Crippen LogP contribution in [0.1, 0.15) is 29.4 Å². The predicted octanol–water partition coefficient (Wildman–Crippen LogP) is 1.66. The quantitative estimate of drug-likeness (QED) is 0.564. The Balaban J connectivity index is 1.55. The van der Waals surface area contributed by atoms with Crippen LogP contribution >= 0.6 is 0 Å². The molecule has 1 amide bonds. The van der Waals surface area contributed by atoms with Gasteiger partial charge in [0.25, 0.3) is 5.91 Å². The number of aliphatic hydroxyl groups is 1. The van der Waals surface area contributed by atoms with Crippen molar-refractivity contribution in [3.8, 4) is 6.07 Å². The molecule has 30 heavy (non-hydrogen) atoms. The first-order valence-electron chi connectivity index (χ1n) is 9.50. The number of nitrogens with zero attached hydrogens (tertiary/aromatic N) is 5. The number of hydrogen-bond acceptors (Lipinski definition) is 8. The Morgan fingerprint density at radius 3 is 2.93 bits per heavy atom. The third-order valence-electron chi connectivity index (χ3n) is 4.84. The van der Waals surface area contributed by atoms with E-state index >= 15 is 0 Å². The fourth-order valence-corrected chi connectivity index (χ4v) is 3.39. The summed E-state index contributed by atoms with van der Waals surface area (Å²) in [5.41, 5.74) is 1.43. The van der Waals surface area contributed by atoms with E-state index in [4.69, 9.17) is 14.7 Å². The lowest BCUT2D eigenvalue weighted by Crippen LogP contribution is -2.28. The van der Waals surface area contributed by atoms with E-state index in [2.05, 4.69) is 20.3 Å². The summed E-state index contributed by atoms with van der Waals surface area (Å²) in [5, 5.41) is 21.0. The maximum absolute atomic E-state index is 12.5. The highest BCUT2D eigenvalue weighted by molar-refractivity contribution is 6.06. The monoisotopic (exact) mass is 408 g/mol. The van der Waals surface area contributed by atoms with E-state index in [1.54, 1.807) is 35.2 Å². The molecule has 0 radical (unpaired) electrons. The van der Waals surface area contributed by atoms with Gasteiger partial charge in [-0.15, -0.1) is 0 Å². The fourth-order valence-electron chi connectivity index (χ4n) is 3.39. The Morgan fingerprint density at radius 1 is 1.33 bits per heavy atom. The minimum atomic E-state index is -0.509. The Labute approximate surface area is 172 Å². The van der Waals surface area contributed by atoms with E-state index < -0.39 is 12.3 Å². The topological polar surface area (TPSA) is 135 Å². The van der Waals surface area contributed by atoms with Crippen LogP contribution in [0.5, 0.6) is 0 Å². The summed E-state index contributed by atoms with van der Waals surface area (Å²) in [6.07, 6.45) is 2.35. The van der Waals surface area contributed by atoms with Gasteiger partial charge in [-0.2, -0.15) is 5.26 Å². The van der Waals surface area contributed by atoms with E-state index in [0.717, 1.165) is 0 Å². The number of carbonyl (C=O) groups excluding carboxylic acids is 1. The Morgan fingerprint density at radius 2 is 2.17 bits per heavy atom. The van der Waals surface area contributed by atoms with Gasteiger partial charge in [-0.1, -0.05) is 18.2 Å². The zero-order valence-electron chi connectivity index (χ0n) is 16.0. The molecule has 10 heteroatoms. The molecule has 4 rings (SSSR count). The second kappa shape index (κ2) is 8.96. The number of nitriles is 1. The van der Waals surface area contributed by atoms with Crippen LogP contribution < -0.4 is 5.32 Å². The SMILES string of the molecule is N#CCCO[C@H]1C[C@H](n2cnc3c(NC(=O)c4ccccc4)ncnc32)O[C@@H]1CO. The zero-order valence-corrected chi connectivity index (χ0v) is 16.0. The van der Waals surface area contributed by atoms with Crippen molar-refractivity contribution >= 4 is 22.9 Å². The number of hydrogen-bond donors (Lipinski definition) is 2. The molecule has 0 saturated carbocycles. The summed E-state index contributed by atoms with van der Waals surface area (Å²) in [7, 11) is 0. The molecule has 2 N–H and O–H groups in total. The maximum atomic E-state index is 12.5. The maximum Gasteiger partial charge on any atom is 0.256 e. The molecule has 3 heterocycles. The predicted molar refractivity (Wildman–Crippen MR) is 105 cm³/mol. The van der Waals surface area contributed by atoms with Crippen molar-refractivity contribution in [2.75, 3.05) is 18.5 Å². The Hall–Kier alpha value is -3.39. The van der Waals surface area contributed by atoms with Gasteiger partial charge >= 0.3 is 0 Å². The van der Waals surface area contributed by atoms with Gasteiger partial charge in [0.1, 0.15) is 18.7 Å². The van der Waals surface area contributed by atoms with E-state index in [1.807, 2.05) is 12.1 Å². The van der Waals surface area contributed by atoms with Crippen LogP contribution in [0.15, 0.2) is 43.0 Å². The molecule has 3 atom stereocenters. The molecule has 1 saturated heterocycles. The van der Waals surface area contributed by atoms with Crippen LogP contribution in [0.2, 0.25) is 0 Å². The molecular weight excluding hydrogens is 388 g/mol. The second-order valence-electron chi connectivity index (χ2n) is 6.73. The van der Waals surface area contributed by atoms with E-state index in [0.29, 0.717) is 29.0 Å². The van der Waals surface area contributed by atoms with Gasteiger partial charge in [-0.25, -0.2) is 15.0 Å². The summed E-state index contributed by atoms with van der Waals surface area (Å²) < 4.78 is 13.3. The minimum Gasteiger partial charge on any atom is -0.394 e. The second-order valence-corrected chi connectivity index (χ2v) is 6.73. The highest BCUT2D eigenvalue weighted by Gasteiger charge is 2.37. The summed E-state index contributed by atoms with van der Waals surface area (Å²) in [5.74, 6) is -0.000281. The van der Waals surface area contributed by atoms with Crippen LogP contribution in [-0.4, -0.2) is 56.0 Å². The lowest BCUT2D eigenvalue weighted by atomic mass is 10.2. The molecule has 2 aromatic heterocycles. The first-order valence-corrected chi connectivity index (χ1v) is 9.50. The highest BCUT2D eigenvalue weighted by Crippen LogP contribution is 2.33. The Bertz CT molecular complexity index is 1060. The van der Waals surface area contributed by atoms with Crippen molar-refractivity contribution in [3.05, 3.63) is 48.5 Å². The number of fused-ring (bicyclic) bond motifs is 1. The van der Waals surface area contributed by atoms with E-state index in [9.17, 15) is 9.90 Å². The zero-order chi connectivity index (χ0) is 20.9. The third-order valence-corrected chi connectivity index (χ3v) is 4.84. The number of rotatable bonds is 7.